The Balaban J connectivity index is 2.70. The highest BCUT2D eigenvalue weighted by molar-refractivity contribution is 5.68. The van der Waals surface area contributed by atoms with Crippen molar-refractivity contribution in [3.8, 4) is 0 Å². The van der Waals surface area contributed by atoms with E-state index in [0.29, 0.717) is 5.92 Å². The number of ether oxygens (including phenoxy) is 1. The maximum Gasteiger partial charge on any atom is 0.408 e. The molecule has 0 saturated heterocycles. The van der Waals surface area contributed by atoms with Gasteiger partial charge in [0.15, 0.2) is 0 Å². The molecule has 2 atom stereocenters. The van der Waals surface area contributed by atoms with Crippen LogP contribution in [-0.4, -0.2) is 29.4 Å². The minimum Gasteiger partial charge on any atom is -0.444 e. The molecule has 0 heterocycles. The zero-order valence-electron chi connectivity index (χ0n) is 16.2. The minimum absolute atomic E-state index is 0.0255. The Kier molecular flexibility index (Phi) is 8.70. The Hall–Kier alpha value is -1.81. The fourth-order valence-electron chi connectivity index (χ4n) is 2.55. The van der Waals surface area contributed by atoms with Crippen LogP contribution in [0.3, 0.4) is 0 Å². The molecular formula is C21H33NO3. The summed E-state index contributed by atoms with van der Waals surface area (Å²) in [6.07, 6.45) is 5.16. The van der Waals surface area contributed by atoms with Crippen molar-refractivity contribution >= 4 is 6.09 Å². The standard InChI is InChI=1S/C21H33NO3/c1-16(2)13-19(22-20(24)25-21(3,4)5)12-11-18(15-23)14-17-9-7-6-8-10-17/h6-12,16,18-19,23H,13-15H2,1-5H3,(H,22,24)/b12-11+/t18-,19-/m1/s1. The molecule has 4 nitrogen and oxygen atoms in total. The molecule has 0 bridgehead atoms. The van der Waals surface area contributed by atoms with Gasteiger partial charge in [-0.25, -0.2) is 4.79 Å². The third-order valence-electron chi connectivity index (χ3n) is 3.62. The average Bonchev–Trinajstić information content (AvgIpc) is 2.49. The molecule has 0 aliphatic heterocycles. The van der Waals surface area contributed by atoms with Crippen LogP contribution in [0.1, 0.15) is 46.6 Å². The number of amides is 1. The number of carbonyl (C=O) groups is 1. The Morgan fingerprint density at radius 1 is 1.20 bits per heavy atom. The summed E-state index contributed by atoms with van der Waals surface area (Å²) in [6.45, 7) is 9.85. The van der Waals surface area contributed by atoms with E-state index < -0.39 is 11.7 Å². The second kappa shape index (κ2) is 10.2. The van der Waals surface area contributed by atoms with Crippen LogP contribution in [0.25, 0.3) is 0 Å². The Morgan fingerprint density at radius 3 is 2.36 bits per heavy atom. The molecule has 140 valence electrons. The van der Waals surface area contributed by atoms with E-state index in [1.54, 1.807) is 0 Å². The quantitative estimate of drug-likeness (QED) is 0.688. The highest BCUT2D eigenvalue weighted by atomic mass is 16.6. The maximum atomic E-state index is 12.0. The number of rotatable bonds is 8. The molecule has 4 heteroatoms. The molecule has 0 unspecified atom stereocenters. The van der Waals surface area contributed by atoms with E-state index in [9.17, 15) is 9.90 Å². The van der Waals surface area contributed by atoms with Crippen LogP contribution < -0.4 is 5.32 Å². The summed E-state index contributed by atoms with van der Waals surface area (Å²) < 4.78 is 5.35. The molecule has 0 saturated carbocycles. The third kappa shape index (κ3) is 9.92. The molecule has 0 aliphatic rings. The lowest BCUT2D eigenvalue weighted by Gasteiger charge is -2.23. The lowest BCUT2D eigenvalue weighted by atomic mass is 9.97. The monoisotopic (exact) mass is 347 g/mol. The van der Waals surface area contributed by atoms with Crippen molar-refractivity contribution in [2.24, 2.45) is 11.8 Å². The van der Waals surface area contributed by atoms with Crippen molar-refractivity contribution in [2.45, 2.75) is 59.1 Å². The van der Waals surface area contributed by atoms with Gasteiger partial charge in [0, 0.05) is 12.5 Å². The number of benzene rings is 1. The van der Waals surface area contributed by atoms with Gasteiger partial charge in [-0.1, -0.05) is 56.3 Å². The van der Waals surface area contributed by atoms with Crippen molar-refractivity contribution in [3.63, 3.8) is 0 Å². The molecule has 0 aliphatic carbocycles. The molecule has 0 radical (unpaired) electrons. The van der Waals surface area contributed by atoms with Crippen molar-refractivity contribution in [2.75, 3.05) is 6.61 Å². The van der Waals surface area contributed by atoms with Gasteiger partial charge < -0.3 is 15.2 Å². The molecule has 0 spiro atoms. The lowest BCUT2D eigenvalue weighted by molar-refractivity contribution is 0.0510. The predicted molar refractivity (Wildman–Crippen MR) is 102 cm³/mol. The molecule has 1 aromatic rings. The van der Waals surface area contributed by atoms with Gasteiger partial charge >= 0.3 is 6.09 Å². The fraction of sp³-hybridized carbons (Fsp3) is 0.571. The van der Waals surface area contributed by atoms with Crippen molar-refractivity contribution in [3.05, 3.63) is 48.0 Å². The molecule has 1 rings (SSSR count). The van der Waals surface area contributed by atoms with E-state index in [0.717, 1.165) is 12.8 Å². The first-order chi connectivity index (χ1) is 11.7. The van der Waals surface area contributed by atoms with Crippen LogP contribution in [0.15, 0.2) is 42.5 Å². The van der Waals surface area contributed by atoms with Gasteiger partial charge in [0.2, 0.25) is 0 Å². The first kappa shape index (κ1) is 21.2. The first-order valence-corrected chi connectivity index (χ1v) is 9.02. The van der Waals surface area contributed by atoms with Gasteiger partial charge in [-0.15, -0.1) is 0 Å². The van der Waals surface area contributed by atoms with Crippen LogP contribution >= 0.6 is 0 Å². The van der Waals surface area contributed by atoms with E-state index in [1.807, 2.05) is 51.1 Å². The number of aliphatic hydroxyl groups is 1. The summed E-state index contributed by atoms with van der Waals surface area (Å²) >= 11 is 0. The summed E-state index contributed by atoms with van der Waals surface area (Å²) in [6, 6.07) is 9.98. The van der Waals surface area contributed by atoms with Gasteiger partial charge in [0.1, 0.15) is 5.60 Å². The van der Waals surface area contributed by atoms with Crippen molar-refractivity contribution in [1.82, 2.24) is 5.32 Å². The predicted octanol–water partition coefficient (Wildman–Crippen LogP) is 4.33. The fourth-order valence-corrected chi connectivity index (χ4v) is 2.55. The topological polar surface area (TPSA) is 58.6 Å². The van der Waals surface area contributed by atoms with Gasteiger partial charge in [0.25, 0.3) is 0 Å². The molecule has 1 amide bonds. The van der Waals surface area contributed by atoms with E-state index in [1.165, 1.54) is 5.56 Å². The Morgan fingerprint density at radius 2 is 1.84 bits per heavy atom. The molecule has 2 N–H and O–H groups in total. The van der Waals surface area contributed by atoms with Crippen molar-refractivity contribution in [1.29, 1.82) is 0 Å². The van der Waals surface area contributed by atoms with E-state index in [-0.39, 0.29) is 18.6 Å². The number of alkyl carbamates (subject to hydrolysis) is 1. The SMILES string of the molecule is CC(C)C[C@@H](/C=C/[C@@H](CO)Cc1ccccc1)NC(=O)OC(C)(C)C. The van der Waals surface area contributed by atoms with Crippen LogP contribution in [0.5, 0.6) is 0 Å². The first-order valence-electron chi connectivity index (χ1n) is 9.02. The number of nitrogens with one attached hydrogen (secondary N) is 1. The summed E-state index contributed by atoms with van der Waals surface area (Å²) in [4.78, 5) is 12.0. The minimum atomic E-state index is -0.517. The second-order valence-corrected chi connectivity index (χ2v) is 7.90. The smallest absolute Gasteiger partial charge is 0.408 e. The number of carbonyl (C=O) groups excluding carboxylic acids is 1. The van der Waals surface area contributed by atoms with E-state index in [2.05, 4.69) is 31.3 Å². The van der Waals surface area contributed by atoms with Gasteiger partial charge in [-0.05, 0) is 45.1 Å². The Labute approximate surface area is 152 Å². The average molecular weight is 347 g/mol. The third-order valence-corrected chi connectivity index (χ3v) is 3.62. The van der Waals surface area contributed by atoms with E-state index >= 15 is 0 Å². The largest absolute Gasteiger partial charge is 0.444 e. The Bertz CT molecular complexity index is 532. The van der Waals surface area contributed by atoms with Gasteiger partial charge in [-0.2, -0.15) is 0 Å². The normalized spacial score (nSPS) is 14.5. The highest BCUT2D eigenvalue weighted by Crippen LogP contribution is 2.13. The van der Waals surface area contributed by atoms with Crippen LogP contribution in [0.2, 0.25) is 0 Å². The lowest BCUT2D eigenvalue weighted by Crippen LogP contribution is -2.39. The van der Waals surface area contributed by atoms with E-state index in [4.69, 9.17) is 4.74 Å². The van der Waals surface area contributed by atoms with Crippen LogP contribution in [0.4, 0.5) is 4.79 Å². The van der Waals surface area contributed by atoms with Gasteiger partial charge in [0.05, 0.1) is 6.04 Å². The number of aliphatic hydroxyl groups excluding tert-OH is 1. The summed E-state index contributed by atoms with van der Waals surface area (Å²) in [5.41, 5.74) is 0.670. The molecule has 25 heavy (non-hydrogen) atoms. The highest BCUT2D eigenvalue weighted by Gasteiger charge is 2.19. The molecule has 0 aromatic heterocycles. The summed E-state index contributed by atoms with van der Waals surface area (Å²) in [5.74, 6) is 0.462. The van der Waals surface area contributed by atoms with Crippen molar-refractivity contribution < 1.29 is 14.6 Å². The zero-order chi connectivity index (χ0) is 18.9. The molecule has 1 aromatic carbocycles. The second-order valence-electron chi connectivity index (χ2n) is 7.90. The number of hydrogen-bond acceptors (Lipinski definition) is 3. The molecular weight excluding hydrogens is 314 g/mol. The molecule has 0 fully saturated rings. The zero-order valence-corrected chi connectivity index (χ0v) is 16.2. The maximum absolute atomic E-state index is 12.0. The number of hydrogen-bond donors (Lipinski definition) is 2. The summed E-state index contributed by atoms with van der Waals surface area (Å²) in [7, 11) is 0. The van der Waals surface area contributed by atoms with Crippen LogP contribution in [0, 0.1) is 11.8 Å². The van der Waals surface area contributed by atoms with Gasteiger partial charge in [-0.3, -0.25) is 0 Å². The van der Waals surface area contributed by atoms with Crippen LogP contribution in [-0.2, 0) is 11.2 Å². The summed E-state index contributed by atoms with van der Waals surface area (Å²) in [5, 5.41) is 12.6.